The lowest BCUT2D eigenvalue weighted by Crippen LogP contribution is -2.14. The molecule has 1 N–H and O–H groups in total. The van der Waals surface area contributed by atoms with E-state index in [9.17, 15) is 9.18 Å². The number of benzene rings is 1. The van der Waals surface area contributed by atoms with E-state index in [0.717, 1.165) is 0 Å². The molecule has 3 rings (SSSR count). The van der Waals surface area contributed by atoms with Crippen LogP contribution in [-0.2, 0) is 0 Å². The predicted octanol–water partition coefficient (Wildman–Crippen LogP) is 2.51. The van der Waals surface area contributed by atoms with Gasteiger partial charge in [-0.3, -0.25) is 0 Å². The van der Waals surface area contributed by atoms with Crippen LogP contribution in [0.15, 0.2) is 41.3 Å². The van der Waals surface area contributed by atoms with Crippen LogP contribution < -0.4 is 5.69 Å². The van der Waals surface area contributed by atoms with E-state index in [1.54, 1.807) is 6.07 Å². The van der Waals surface area contributed by atoms with Crippen molar-refractivity contribution in [2.45, 2.75) is 0 Å². The second kappa shape index (κ2) is 3.96. The summed E-state index contributed by atoms with van der Waals surface area (Å²) < 4.78 is 14.2. The van der Waals surface area contributed by atoms with E-state index >= 15 is 0 Å². The normalized spacial score (nSPS) is 11.0. The highest BCUT2D eigenvalue weighted by atomic mass is 35.5. The Labute approximate surface area is 106 Å². The number of aromatic nitrogens is 3. The molecule has 3 aromatic rings. The summed E-state index contributed by atoms with van der Waals surface area (Å²) in [5.41, 5.74) is 1.20. The number of aromatic amines is 1. The Kier molecular flexibility index (Phi) is 2.41. The van der Waals surface area contributed by atoms with E-state index in [0.29, 0.717) is 21.9 Å². The van der Waals surface area contributed by atoms with Crippen LogP contribution in [0.5, 0.6) is 0 Å². The van der Waals surface area contributed by atoms with Crippen molar-refractivity contribution in [3.05, 3.63) is 57.9 Å². The monoisotopic (exact) mass is 263 g/mol. The lowest BCUT2D eigenvalue weighted by molar-refractivity contribution is 0.627. The Hall–Kier alpha value is -2.14. The highest BCUT2D eigenvalue weighted by Crippen LogP contribution is 2.17. The van der Waals surface area contributed by atoms with E-state index in [1.807, 2.05) is 0 Å². The van der Waals surface area contributed by atoms with Crippen molar-refractivity contribution < 1.29 is 4.39 Å². The summed E-state index contributed by atoms with van der Waals surface area (Å²) in [6, 6.07) is 7.22. The molecule has 18 heavy (non-hydrogen) atoms. The number of nitrogens with one attached hydrogen (secondary N) is 1. The third-order valence-corrected chi connectivity index (χ3v) is 2.78. The Bertz CT molecular complexity index is 776. The van der Waals surface area contributed by atoms with Gasteiger partial charge in [0.1, 0.15) is 5.82 Å². The van der Waals surface area contributed by atoms with Gasteiger partial charge >= 0.3 is 5.69 Å². The molecule has 90 valence electrons. The fourth-order valence-electron chi connectivity index (χ4n) is 1.80. The minimum Gasteiger partial charge on any atom is -0.304 e. The summed E-state index contributed by atoms with van der Waals surface area (Å²) in [6.07, 6.45) is 1.46. The van der Waals surface area contributed by atoms with E-state index in [4.69, 9.17) is 11.6 Å². The first kappa shape index (κ1) is 11.0. The van der Waals surface area contributed by atoms with Gasteiger partial charge in [-0.25, -0.2) is 18.7 Å². The minimum atomic E-state index is -0.359. The molecule has 0 amide bonds. The van der Waals surface area contributed by atoms with E-state index in [2.05, 4.69) is 9.97 Å². The summed E-state index contributed by atoms with van der Waals surface area (Å²) in [5.74, 6) is -0.359. The molecular weight excluding hydrogens is 257 g/mol. The smallest absolute Gasteiger partial charge is 0.304 e. The highest BCUT2D eigenvalue weighted by Gasteiger charge is 2.10. The van der Waals surface area contributed by atoms with Gasteiger partial charge in [0.15, 0.2) is 5.65 Å². The number of rotatable bonds is 1. The molecule has 6 heteroatoms. The summed E-state index contributed by atoms with van der Waals surface area (Å²) >= 11 is 5.80. The van der Waals surface area contributed by atoms with Gasteiger partial charge in [0.25, 0.3) is 0 Å². The van der Waals surface area contributed by atoms with Gasteiger partial charge < -0.3 is 4.98 Å². The maximum absolute atomic E-state index is 12.9. The molecule has 1 aromatic carbocycles. The summed E-state index contributed by atoms with van der Waals surface area (Å²) in [4.78, 5) is 18.6. The van der Waals surface area contributed by atoms with Gasteiger partial charge in [0, 0.05) is 6.20 Å². The third kappa shape index (κ3) is 1.69. The maximum atomic E-state index is 12.9. The fourth-order valence-corrected chi connectivity index (χ4v) is 1.96. The number of nitrogens with zero attached hydrogens (tertiary/aromatic N) is 2. The van der Waals surface area contributed by atoms with Crippen molar-refractivity contribution in [3.8, 4) is 5.69 Å². The first-order valence-electron chi connectivity index (χ1n) is 5.17. The summed E-state index contributed by atoms with van der Waals surface area (Å²) in [7, 11) is 0. The molecule has 0 radical (unpaired) electrons. The second-order valence-electron chi connectivity index (χ2n) is 3.77. The summed E-state index contributed by atoms with van der Waals surface area (Å²) in [6.45, 7) is 0. The molecule has 0 fully saturated rings. The Morgan fingerprint density at radius 2 is 2.00 bits per heavy atom. The lowest BCUT2D eigenvalue weighted by Gasteiger charge is -2.02. The van der Waals surface area contributed by atoms with Gasteiger partial charge in [-0.1, -0.05) is 11.6 Å². The summed E-state index contributed by atoms with van der Waals surface area (Å²) in [5, 5.41) is 0.440. The Morgan fingerprint density at radius 3 is 2.72 bits per heavy atom. The molecule has 0 aliphatic rings. The first-order valence-corrected chi connectivity index (χ1v) is 5.55. The Morgan fingerprint density at radius 1 is 1.28 bits per heavy atom. The predicted molar refractivity (Wildman–Crippen MR) is 66.7 cm³/mol. The number of halogens is 2. The Balaban J connectivity index is 2.32. The number of hydrogen-bond acceptors (Lipinski definition) is 2. The van der Waals surface area contributed by atoms with E-state index in [-0.39, 0.29) is 11.5 Å². The van der Waals surface area contributed by atoms with Crippen molar-refractivity contribution in [3.63, 3.8) is 0 Å². The molecule has 0 spiro atoms. The van der Waals surface area contributed by atoms with Crippen LogP contribution >= 0.6 is 11.6 Å². The molecular formula is C12H7ClFN3O. The average molecular weight is 264 g/mol. The number of fused-ring (bicyclic) bond motifs is 1. The average Bonchev–Trinajstić information content (AvgIpc) is 2.65. The quantitative estimate of drug-likeness (QED) is 0.733. The van der Waals surface area contributed by atoms with Gasteiger partial charge in [-0.2, -0.15) is 0 Å². The van der Waals surface area contributed by atoms with E-state index in [1.165, 1.54) is 35.0 Å². The zero-order valence-corrected chi connectivity index (χ0v) is 9.78. The van der Waals surface area contributed by atoms with Crippen LogP contribution in [0, 0.1) is 5.82 Å². The fraction of sp³-hybridized carbons (Fsp3) is 0. The van der Waals surface area contributed by atoms with Crippen LogP contribution in [0.1, 0.15) is 0 Å². The third-order valence-electron chi connectivity index (χ3n) is 2.57. The van der Waals surface area contributed by atoms with Gasteiger partial charge in [0.2, 0.25) is 0 Å². The van der Waals surface area contributed by atoms with Gasteiger partial charge in [0.05, 0.1) is 16.2 Å². The molecule has 0 aliphatic heterocycles. The number of hydrogen-bond donors (Lipinski definition) is 1. The number of pyridine rings is 1. The van der Waals surface area contributed by atoms with Crippen molar-refractivity contribution >= 4 is 22.8 Å². The number of H-pyrrole nitrogens is 1. The van der Waals surface area contributed by atoms with Crippen molar-refractivity contribution in [2.75, 3.05) is 0 Å². The van der Waals surface area contributed by atoms with Crippen molar-refractivity contribution in [1.82, 2.24) is 14.5 Å². The second-order valence-corrected chi connectivity index (χ2v) is 4.20. The van der Waals surface area contributed by atoms with Gasteiger partial charge in [-0.15, -0.1) is 0 Å². The van der Waals surface area contributed by atoms with Crippen molar-refractivity contribution in [2.24, 2.45) is 0 Å². The van der Waals surface area contributed by atoms with E-state index < -0.39 is 0 Å². The van der Waals surface area contributed by atoms with Crippen molar-refractivity contribution in [1.29, 1.82) is 0 Å². The van der Waals surface area contributed by atoms with Crippen LogP contribution in [-0.4, -0.2) is 14.5 Å². The zero-order chi connectivity index (χ0) is 12.7. The molecule has 0 saturated heterocycles. The molecule has 4 nitrogen and oxygen atoms in total. The standard InChI is InChI=1S/C12H7ClFN3O/c13-7-5-10-11(15-6-7)17(12(18)16-10)9-3-1-8(14)2-4-9/h1-6H,(H,16,18). The maximum Gasteiger partial charge on any atom is 0.332 e. The molecule has 2 heterocycles. The number of imidazole rings is 1. The van der Waals surface area contributed by atoms with Crippen LogP contribution in [0.3, 0.4) is 0 Å². The minimum absolute atomic E-state index is 0.341. The molecule has 0 bridgehead atoms. The zero-order valence-electron chi connectivity index (χ0n) is 9.02. The first-order chi connectivity index (χ1) is 8.65. The van der Waals surface area contributed by atoms with Crippen LogP contribution in [0.25, 0.3) is 16.9 Å². The molecule has 0 atom stereocenters. The SMILES string of the molecule is O=c1[nH]c2cc(Cl)cnc2n1-c1ccc(F)cc1. The van der Waals surface area contributed by atoms with Crippen LogP contribution in [0.2, 0.25) is 5.02 Å². The topological polar surface area (TPSA) is 50.7 Å². The molecule has 2 aromatic heterocycles. The highest BCUT2D eigenvalue weighted by molar-refractivity contribution is 6.31. The molecule has 0 aliphatic carbocycles. The largest absolute Gasteiger partial charge is 0.332 e. The molecule has 0 saturated carbocycles. The lowest BCUT2D eigenvalue weighted by atomic mass is 10.3. The molecule has 0 unspecified atom stereocenters. The van der Waals surface area contributed by atoms with Crippen LogP contribution in [0.4, 0.5) is 4.39 Å². The van der Waals surface area contributed by atoms with Gasteiger partial charge in [-0.05, 0) is 30.3 Å².